The molecule has 2 heterocycles. The highest BCUT2D eigenvalue weighted by molar-refractivity contribution is 6.40. The molecule has 0 saturated carbocycles. The van der Waals surface area contributed by atoms with E-state index in [9.17, 15) is 9.59 Å². The summed E-state index contributed by atoms with van der Waals surface area (Å²) in [6.07, 6.45) is 2.76. The lowest BCUT2D eigenvalue weighted by Crippen LogP contribution is -2.17. The molecule has 5 nitrogen and oxygen atoms in total. The number of hydrogen-bond donors (Lipinski definition) is 1. The molecule has 1 N–H and O–H groups in total. The Morgan fingerprint density at radius 3 is 2.32 bits per heavy atom. The number of fused-ring (bicyclic) bond motifs is 1. The van der Waals surface area contributed by atoms with E-state index >= 15 is 0 Å². The molecule has 0 fully saturated rings. The second-order valence-corrected chi connectivity index (χ2v) is 7.46. The van der Waals surface area contributed by atoms with Crippen LogP contribution in [-0.4, -0.2) is 26.4 Å². The molecule has 0 amide bonds. The highest BCUT2D eigenvalue weighted by Gasteiger charge is 2.27. The second-order valence-electron chi connectivity index (χ2n) is 6.65. The molecule has 2 aromatic carbocycles. The standard InChI is InChI=1S/C21H16Cl2N2O3/c22-14-4-3-5-15(23)17(14)19(26)20-24-18(16-6-1-2-11-25(16)20)12-7-9-13(10-8-12)21(27)28/h3-5,7-10H,1-2,6,11H2,(H,27,28). The quantitative estimate of drug-likeness (QED) is 0.601. The van der Waals surface area contributed by atoms with Gasteiger partial charge in [-0.2, -0.15) is 0 Å². The zero-order valence-electron chi connectivity index (χ0n) is 14.8. The Morgan fingerprint density at radius 1 is 1.00 bits per heavy atom. The fraction of sp³-hybridized carbons (Fsp3) is 0.190. The summed E-state index contributed by atoms with van der Waals surface area (Å²) >= 11 is 12.5. The van der Waals surface area contributed by atoms with Crippen LogP contribution in [0.1, 0.15) is 45.1 Å². The van der Waals surface area contributed by atoms with Crippen LogP contribution in [-0.2, 0) is 13.0 Å². The van der Waals surface area contributed by atoms with E-state index < -0.39 is 5.97 Å². The number of carbonyl (C=O) groups is 2. The molecule has 7 heteroatoms. The van der Waals surface area contributed by atoms with Crippen molar-refractivity contribution in [1.29, 1.82) is 0 Å². The summed E-state index contributed by atoms with van der Waals surface area (Å²) in [5.41, 5.74) is 2.90. The van der Waals surface area contributed by atoms with E-state index in [1.165, 1.54) is 0 Å². The van der Waals surface area contributed by atoms with Gasteiger partial charge in [-0.15, -0.1) is 0 Å². The number of carboxylic acids is 1. The number of benzene rings is 2. The van der Waals surface area contributed by atoms with Gasteiger partial charge in [-0.1, -0.05) is 41.4 Å². The maximum atomic E-state index is 13.2. The van der Waals surface area contributed by atoms with E-state index in [2.05, 4.69) is 4.98 Å². The zero-order chi connectivity index (χ0) is 19.8. The van der Waals surface area contributed by atoms with Crippen LogP contribution in [0.4, 0.5) is 0 Å². The number of aromatic nitrogens is 2. The molecule has 1 aromatic heterocycles. The predicted octanol–water partition coefficient (Wildman–Crippen LogP) is 5.12. The Hall–Kier alpha value is -2.63. The van der Waals surface area contributed by atoms with Gasteiger partial charge in [-0.3, -0.25) is 4.79 Å². The zero-order valence-corrected chi connectivity index (χ0v) is 16.3. The van der Waals surface area contributed by atoms with Crippen molar-refractivity contribution in [1.82, 2.24) is 9.55 Å². The minimum Gasteiger partial charge on any atom is -0.478 e. The summed E-state index contributed by atoms with van der Waals surface area (Å²) in [5.74, 6) is -0.989. The Kier molecular flexibility index (Phi) is 4.96. The highest BCUT2D eigenvalue weighted by atomic mass is 35.5. The van der Waals surface area contributed by atoms with Crippen molar-refractivity contribution in [2.45, 2.75) is 25.8 Å². The molecule has 0 aliphatic carbocycles. The molecule has 0 spiro atoms. The third-order valence-electron chi connectivity index (χ3n) is 4.92. The minimum atomic E-state index is -0.984. The normalized spacial score (nSPS) is 13.2. The second kappa shape index (κ2) is 7.41. The first kappa shape index (κ1) is 18.7. The fourth-order valence-electron chi connectivity index (χ4n) is 3.54. The minimum absolute atomic E-state index is 0.205. The summed E-state index contributed by atoms with van der Waals surface area (Å²) in [6, 6.07) is 11.5. The Morgan fingerprint density at radius 2 is 1.68 bits per heavy atom. The Labute approximate surface area is 171 Å². The molecule has 28 heavy (non-hydrogen) atoms. The molecular formula is C21H16Cl2N2O3. The van der Waals surface area contributed by atoms with Crippen LogP contribution >= 0.6 is 23.2 Å². The third-order valence-corrected chi connectivity index (χ3v) is 5.55. The smallest absolute Gasteiger partial charge is 0.335 e. The van der Waals surface area contributed by atoms with Gasteiger partial charge in [-0.05, 0) is 43.5 Å². The van der Waals surface area contributed by atoms with Crippen LogP contribution in [0.15, 0.2) is 42.5 Å². The number of nitrogens with zero attached hydrogens (tertiary/aromatic N) is 2. The summed E-state index contributed by atoms with van der Waals surface area (Å²) in [6.45, 7) is 0.693. The van der Waals surface area contributed by atoms with Crippen LogP contribution < -0.4 is 0 Å². The number of ketones is 1. The molecule has 1 aliphatic heterocycles. The van der Waals surface area contributed by atoms with Gasteiger partial charge in [0.15, 0.2) is 5.82 Å². The summed E-state index contributed by atoms with van der Waals surface area (Å²) in [5, 5.41) is 9.68. The molecule has 142 valence electrons. The molecule has 0 unspecified atom stereocenters. The number of aromatic carboxylic acids is 1. The van der Waals surface area contributed by atoms with E-state index in [1.807, 2.05) is 4.57 Å². The third kappa shape index (κ3) is 3.21. The molecule has 4 rings (SSSR count). The topological polar surface area (TPSA) is 72.2 Å². The van der Waals surface area contributed by atoms with Gasteiger partial charge in [0, 0.05) is 17.8 Å². The molecule has 1 aliphatic rings. The first-order valence-electron chi connectivity index (χ1n) is 8.89. The van der Waals surface area contributed by atoms with Crippen molar-refractivity contribution < 1.29 is 14.7 Å². The first-order chi connectivity index (χ1) is 13.5. The summed E-state index contributed by atoms with van der Waals surface area (Å²) in [7, 11) is 0. The van der Waals surface area contributed by atoms with Crippen LogP contribution in [0.25, 0.3) is 11.3 Å². The van der Waals surface area contributed by atoms with Crippen molar-refractivity contribution in [3.05, 3.63) is 75.2 Å². The van der Waals surface area contributed by atoms with E-state index in [0.29, 0.717) is 18.1 Å². The number of imidazole rings is 1. The number of rotatable bonds is 4. The molecular weight excluding hydrogens is 399 g/mol. The van der Waals surface area contributed by atoms with Gasteiger partial charge < -0.3 is 9.67 Å². The van der Waals surface area contributed by atoms with E-state index in [4.69, 9.17) is 28.3 Å². The Balaban J connectivity index is 1.84. The number of carboxylic acid groups (broad SMARTS) is 1. The highest BCUT2D eigenvalue weighted by Crippen LogP contribution is 2.32. The lowest BCUT2D eigenvalue weighted by molar-refractivity contribution is 0.0696. The van der Waals surface area contributed by atoms with Crippen molar-refractivity contribution in [3.8, 4) is 11.3 Å². The molecule has 0 atom stereocenters. The van der Waals surface area contributed by atoms with Crippen LogP contribution in [0.2, 0.25) is 10.0 Å². The number of carbonyl (C=O) groups excluding carboxylic acids is 1. The monoisotopic (exact) mass is 414 g/mol. The SMILES string of the molecule is O=C(O)c1ccc(-c2nc(C(=O)c3c(Cl)cccc3Cl)n3c2CCCC3)cc1. The Bertz CT molecular complexity index is 1070. The van der Waals surface area contributed by atoms with Gasteiger partial charge in [0.1, 0.15) is 0 Å². The van der Waals surface area contributed by atoms with E-state index in [1.54, 1.807) is 42.5 Å². The lowest BCUT2D eigenvalue weighted by Gasteiger charge is -2.17. The maximum Gasteiger partial charge on any atom is 0.335 e. The summed E-state index contributed by atoms with van der Waals surface area (Å²) in [4.78, 5) is 29.0. The molecule has 3 aromatic rings. The van der Waals surface area contributed by atoms with Gasteiger partial charge in [0.2, 0.25) is 5.78 Å². The van der Waals surface area contributed by atoms with Crippen molar-refractivity contribution in [2.75, 3.05) is 0 Å². The summed E-state index contributed by atoms with van der Waals surface area (Å²) < 4.78 is 1.94. The molecule has 0 bridgehead atoms. The van der Waals surface area contributed by atoms with Crippen LogP contribution in [0, 0.1) is 0 Å². The van der Waals surface area contributed by atoms with Crippen molar-refractivity contribution >= 4 is 35.0 Å². The average Bonchev–Trinajstić information content (AvgIpc) is 3.07. The number of halogens is 2. The van der Waals surface area contributed by atoms with Gasteiger partial charge in [-0.25, -0.2) is 9.78 Å². The molecule has 0 radical (unpaired) electrons. The fourth-order valence-corrected chi connectivity index (χ4v) is 4.11. The van der Waals surface area contributed by atoms with Crippen LogP contribution in [0.3, 0.4) is 0 Å². The van der Waals surface area contributed by atoms with Crippen LogP contribution in [0.5, 0.6) is 0 Å². The van der Waals surface area contributed by atoms with E-state index in [0.717, 1.165) is 30.5 Å². The first-order valence-corrected chi connectivity index (χ1v) is 9.65. The van der Waals surface area contributed by atoms with E-state index in [-0.39, 0.29) is 27.0 Å². The largest absolute Gasteiger partial charge is 0.478 e. The van der Waals surface area contributed by atoms with Gasteiger partial charge >= 0.3 is 5.97 Å². The predicted molar refractivity (Wildman–Crippen MR) is 107 cm³/mol. The van der Waals surface area contributed by atoms with Gasteiger partial charge in [0.05, 0.1) is 26.9 Å². The maximum absolute atomic E-state index is 13.2. The average molecular weight is 415 g/mol. The van der Waals surface area contributed by atoms with Crippen molar-refractivity contribution in [2.24, 2.45) is 0 Å². The molecule has 0 saturated heterocycles. The number of hydrogen-bond acceptors (Lipinski definition) is 3. The van der Waals surface area contributed by atoms with Crippen molar-refractivity contribution in [3.63, 3.8) is 0 Å². The lowest BCUT2D eigenvalue weighted by atomic mass is 10.0. The van der Waals surface area contributed by atoms with Gasteiger partial charge in [0.25, 0.3) is 0 Å².